The Kier molecular flexibility index (Phi) is 5.43. The van der Waals surface area contributed by atoms with Crippen LogP contribution < -0.4 is 10.2 Å². The number of rotatable bonds is 4. The largest absolute Gasteiger partial charge is 0.507 e. The molecular formula is C25H31N5O. The van der Waals surface area contributed by atoms with Gasteiger partial charge in [-0.3, -0.25) is 4.98 Å². The van der Waals surface area contributed by atoms with Gasteiger partial charge in [0.15, 0.2) is 5.82 Å². The van der Waals surface area contributed by atoms with E-state index in [1.54, 1.807) is 18.5 Å². The van der Waals surface area contributed by atoms with Gasteiger partial charge in [0.1, 0.15) is 5.75 Å². The number of anilines is 1. The van der Waals surface area contributed by atoms with Gasteiger partial charge >= 0.3 is 0 Å². The molecule has 3 heterocycles. The Hall–Kier alpha value is -2.99. The van der Waals surface area contributed by atoms with Crippen LogP contribution >= 0.6 is 0 Å². The smallest absolute Gasteiger partial charge is 0.151 e. The van der Waals surface area contributed by atoms with E-state index < -0.39 is 0 Å². The molecular weight excluding hydrogens is 386 g/mol. The Morgan fingerprint density at radius 2 is 1.71 bits per heavy atom. The lowest BCUT2D eigenvalue weighted by molar-refractivity contribution is 0.160. The van der Waals surface area contributed by atoms with Gasteiger partial charge in [-0.05, 0) is 76.4 Å². The van der Waals surface area contributed by atoms with Gasteiger partial charge in [0.25, 0.3) is 0 Å². The summed E-state index contributed by atoms with van der Waals surface area (Å²) in [6.45, 7) is 9.01. The molecule has 2 N–H and O–H groups in total. The first-order valence-corrected chi connectivity index (χ1v) is 10.7. The summed E-state index contributed by atoms with van der Waals surface area (Å²) < 4.78 is 0. The van der Waals surface area contributed by atoms with E-state index in [0.29, 0.717) is 17.3 Å². The fourth-order valence-corrected chi connectivity index (χ4v) is 4.85. The molecule has 0 amide bonds. The van der Waals surface area contributed by atoms with Crippen LogP contribution in [0.5, 0.6) is 5.75 Å². The molecule has 1 fully saturated rings. The second-order valence-electron chi connectivity index (χ2n) is 9.82. The van der Waals surface area contributed by atoms with E-state index in [0.717, 1.165) is 29.8 Å². The predicted molar refractivity (Wildman–Crippen MR) is 125 cm³/mol. The fourth-order valence-electron chi connectivity index (χ4n) is 4.85. The third-order valence-corrected chi connectivity index (χ3v) is 6.00. The van der Waals surface area contributed by atoms with E-state index >= 15 is 0 Å². The third-order valence-electron chi connectivity index (χ3n) is 6.00. The number of pyridine rings is 1. The van der Waals surface area contributed by atoms with Gasteiger partial charge in [-0.2, -0.15) is 0 Å². The molecule has 6 nitrogen and oxygen atoms in total. The van der Waals surface area contributed by atoms with Gasteiger partial charge in [-0.1, -0.05) is 12.1 Å². The third kappa shape index (κ3) is 4.69. The molecule has 0 bridgehead atoms. The molecule has 0 atom stereocenters. The van der Waals surface area contributed by atoms with Crippen molar-refractivity contribution in [3.63, 3.8) is 0 Å². The number of aromatic nitrogens is 3. The molecule has 0 unspecified atom stereocenters. The summed E-state index contributed by atoms with van der Waals surface area (Å²) in [7, 11) is 2.09. The van der Waals surface area contributed by atoms with Crippen LogP contribution in [0.4, 0.5) is 5.82 Å². The molecule has 0 saturated carbocycles. The summed E-state index contributed by atoms with van der Waals surface area (Å²) in [6.07, 6.45) is 5.58. The summed E-state index contributed by atoms with van der Waals surface area (Å²) in [4.78, 5) is 6.37. The van der Waals surface area contributed by atoms with Crippen molar-refractivity contribution >= 4 is 5.82 Å². The van der Waals surface area contributed by atoms with Crippen LogP contribution in [0.2, 0.25) is 0 Å². The Morgan fingerprint density at radius 1 is 0.968 bits per heavy atom. The molecule has 4 rings (SSSR count). The Balaban J connectivity index is 1.54. The second kappa shape index (κ2) is 7.93. The summed E-state index contributed by atoms with van der Waals surface area (Å²) in [5.41, 5.74) is 3.32. The monoisotopic (exact) mass is 417 g/mol. The zero-order chi connectivity index (χ0) is 22.2. The topological polar surface area (TPSA) is 74.2 Å². The first kappa shape index (κ1) is 21.2. The number of nitrogens with one attached hydrogen (secondary N) is 1. The summed E-state index contributed by atoms with van der Waals surface area (Å²) in [6, 6.07) is 13.7. The van der Waals surface area contributed by atoms with Crippen molar-refractivity contribution in [1.29, 1.82) is 0 Å². The van der Waals surface area contributed by atoms with Crippen LogP contribution in [0.1, 0.15) is 40.5 Å². The molecule has 1 saturated heterocycles. The lowest BCUT2D eigenvalue weighted by atomic mass is 9.79. The van der Waals surface area contributed by atoms with Crippen LogP contribution in [0.3, 0.4) is 0 Å². The number of piperidine rings is 1. The summed E-state index contributed by atoms with van der Waals surface area (Å²) in [5.74, 6) is 1.02. The lowest BCUT2D eigenvalue weighted by Crippen LogP contribution is -2.62. The standard InChI is InChI=1S/C25H31N5O/c1-24(2)14-19(15-25(3,4)29-24)30(5)23-11-10-21(27-28-23)20-9-8-17(13-22(20)31)18-7-6-12-26-16-18/h6-13,16,19,29,31H,14-15H2,1-5H3. The van der Waals surface area contributed by atoms with Crippen LogP contribution in [-0.2, 0) is 0 Å². The number of hydrogen-bond donors (Lipinski definition) is 2. The van der Waals surface area contributed by atoms with Gasteiger partial charge < -0.3 is 15.3 Å². The Morgan fingerprint density at radius 3 is 2.29 bits per heavy atom. The highest BCUT2D eigenvalue weighted by Gasteiger charge is 2.39. The summed E-state index contributed by atoms with van der Waals surface area (Å²) >= 11 is 0. The van der Waals surface area contributed by atoms with E-state index in [1.165, 1.54) is 0 Å². The van der Waals surface area contributed by atoms with Crippen LogP contribution in [0.25, 0.3) is 22.4 Å². The minimum atomic E-state index is 0.0653. The zero-order valence-corrected chi connectivity index (χ0v) is 18.9. The highest BCUT2D eigenvalue weighted by Crippen LogP contribution is 2.34. The number of hydrogen-bond acceptors (Lipinski definition) is 6. The Bertz CT molecular complexity index is 1030. The average molecular weight is 418 g/mol. The number of phenols is 1. The van der Waals surface area contributed by atoms with Crippen molar-refractivity contribution in [2.24, 2.45) is 0 Å². The van der Waals surface area contributed by atoms with Gasteiger partial charge in [0, 0.05) is 47.7 Å². The van der Waals surface area contributed by atoms with Gasteiger partial charge in [-0.15, -0.1) is 10.2 Å². The Labute approximate surface area is 184 Å². The van der Waals surface area contributed by atoms with Gasteiger partial charge in [-0.25, -0.2) is 0 Å². The molecule has 0 radical (unpaired) electrons. The van der Waals surface area contributed by atoms with Crippen molar-refractivity contribution in [2.75, 3.05) is 11.9 Å². The van der Waals surface area contributed by atoms with Crippen molar-refractivity contribution < 1.29 is 5.11 Å². The zero-order valence-electron chi connectivity index (χ0n) is 18.9. The van der Waals surface area contributed by atoms with E-state index in [4.69, 9.17) is 0 Å². The molecule has 1 aromatic carbocycles. The minimum absolute atomic E-state index is 0.0653. The molecule has 0 spiro atoms. The highest BCUT2D eigenvalue weighted by atomic mass is 16.3. The first-order chi connectivity index (χ1) is 14.6. The minimum Gasteiger partial charge on any atom is -0.507 e. The van der Waals surface area contributed by atoms with Crippen LogP contribution in [0.15, 0.2) is 54.9 Å². The lowest BCUT2D eigenvalue weighted by Gasteiger charge is -2.49. The molecule has 2 aromatic heterocycles. The molecule has 1 aliphatic heterocycles. The van der Waals surface area contributed by atoms with Crippen molar-refractivity contribution in [3.05, 3.63) is 54.9 Å². The fraction of sp³-hybridized carbons (Fsp3) is 0.400. The van der Waals surface area contributed by atoms with E-state index in [9.17, 15) is 5.11 Å². The molecule has 31 heavy (non-hydrogen) atoms. The average Bonchev–Trinajstić information content (AvgIpc) is 2.72. The summed E-state index contributed by atoms with van der Waals surface area (Å²) in [5, 5.41) is 23.2. The van der Waals surface area contributed by atoms with Crippen molar-refractivity contribution in [3.8, 4) is 28.1 Å². The van der Waals surface area contributed by atoms with Gasteiger partial charge in [0.05, 0.1) is 5.69 Å². The van der Waals surface area contributed by atoms with Crippen LogP contribution in [-0.4, -0.2) is 44.5 Å². The number of benzene rings is 1. The maximum absolute atomic E-state index is 10.6. The van der Waals surface area contributed by atoms with E-state index in [2.05, 4.69) is 60.1 Å². The van der Waals surface area contributed by atoms with E-state index in [1.807, 2.05) is 36.4 Å². The molecule has 3 aromatic rings. The normalized spacial score (nSPS) is 18.0. The first-order valence-electron chi connectivity index (χ1n) is 10.7. The predicted octanol–water partition coefficient (Wildman–Crippen LogP) is 4.66. The highest BCUT2D eigenvalue weighted by molar-refractivity contribution is 5.74. The SMILES string of the molecule is CN(c1ccc(-c2ccc(-c3cccnc3)cc2O)nn1)C1CC(C)(C)NC(C)(C)C1. The number of aromatic hydroxyl groups is 1. The van der Waals surface area contributed by atoms with E-state index in [-0.39, 0.29) is 16.8 Å². The van der Waals surface area contributed by atoms with Crippen LogP contribution in [0, 0.1) is 0 Å². The maximum atomic E-state index is 10.6. The van der Waals surface area contributed by atoms with Gasteiger partial charge in [0.2, 0.25) is 0 Å². The number of phenolic OH excluding ortho intramolecular Hbond substituents is 1. The number of nitrogens with zero attached hydrogens (tertiary/aromatic N) is 4. The second-order valence-corrected chi connectivity index (χ2v) is 9.82. The molecule has 6 heteroatoms. The quantitative estimate of drug-likeness (QED) is 0.643. The molecule has 1 aliphatic rings. The van der Waals surface area contributed by atoms with Crippen molar-refractivity contribution in [2.45, 2.75) is 57.7 Å². The maximum Gasteiger partial charge on any atom is 0.151 e. The molecule has 162 valence electrons. The van der Waals surface area contributed by atoms with Crippen molar-refractivity contribution in [1.82, 2.24) is 20.5 Å². The molecule has 0 aliphatic carbocycles.